The number of pyridine rings is 1. The molecule has 3 aromatic heterocycles. The van der Waals surface area contributed by atoms with Crippen molar-refractivity contribution in [3.63, 3.8) is 0 Å². The van der Waals surface area contributed by atoms with E-state index in [0.717, 1.165) is 34.5 Å². The standard InChI is InChI=1S/C24H29N7O/c1-4-19(15-32)28-23-29-22-20(16(2)3)14-27-31(22)24(30-23)26-13-17-8-10-18(11-9-17)21-7-5-6-12-25-21/h5-12,14,16,19,32H,4,13,15H2,1-3H3,(H2,26,28,29,30)/t19-/m0/s1. The SMILES string of the molecule is CC[C@@H](CO)Nc1nc(NCc2ccc(-c3ccccn3)cc2)n2ncc(C(C)C)c2n1. The van der Waals surface area contributed by atoms with Gasteiger partial charge in [-0.2, -0.15) is 19.6 Å². The van der Waals surface area contributed by atoms with Gasteiger partial charge in [0.2, 0.25) is 11.9 Å². The van der Waals surface area contributed by atoms with Gasteiger partial charge in [0.25, 0.3) is 0 Å². The van der Waals surface area contributed by atoms with Crippen molar-refractivity contribution in [1.82, 2.24) is 24.6 Å². The van der Waals surface area contributed by atoms with Gasteiger partial charge in [-0.1, -0.05) is 51.1 Å². The van der Waals surface area contributed by atoms with Crippen LogP contribution < -0.4 is 10.6 Å². The largest absolute Gasteiger partial charge is 0.394 e. The Hall–Kier alpha value is -3.52. The fourth-order valence-corrected chi connectivity index (χ4v) is 3.45. The highest BCUT2D eigenvalue weighted by molar-refractivity contribution is 5.59. The predicted molar refractivity (Wildman–Crippen MR) is 127 cm³/mol. The van der Waals surface area contributed by atoms with Crippen LogP contribution in [0, 0.1) is 0 Å². The van der Waals surface area contributed by atoms with Gasteiger partial charge in [-0.25, -0.2) is 0 Å². The minimum atomic E-state index is -0.102. The quantitative estimate of drug-likeness (QED) is 0.367. The van der Waals surface area contributed by atoms with Crippen molar-refractivity contribution >= 4 is 17.5 Å². The van der Waals surface area contributed by atoms with Crippen molar-refractivity contribution in [2.24, 2.45) is 0 Å². The number of nitrogens with one attached hydrogen (secondary N) is 2. The van der Waals surface area contributed by atoms with Crippen molar-refractivity contribution in [3.05, 3.63) is 66.0 Å². The monoisotopic (exact) mass is 431 g/mol. The number of fused-ring (bicyclic) bond motifs is 1. The van der Waals surface area contributed by atoms with Gasteiger partial charge in [-0.15, -0.1) is 0 Å². The number of benzene rings is 1. The molecule has 8 heteroatoms. The lowest BCUT2D eigenvalue weighted by atomic mass is 10.1. The Morgan fingerprint density at radius 1 is 1.06 bits per heavy atom. The van der Waals surface area contributed by atoms with Gasteiger partial charge < -0.3 is 15.7 Å². The summed E-state index contributed by atoms with van der Waals surface area (Å²) in [6.45, 7) is 6.85. The maximum Gasteiger partial charge on any atom is 0.229 e. The Morgan fingerprint density at radius 2 is 1.88 bits per heavy atom. The zero-order valence-corrected chi connectivity index (χ0v) is 18.7. The first-order valence-corrected chi connectivity index (χ1v) is 11.0. The highest BCUT2D eigenvalue weighted by Crippen LogP contribution is 2.23. The lowest BCUT2D eigenvalue weighted by Gasteiger charge is -2.16. The summed E-state index contributed by atoms with van der Waals surface area (Å²) < 4.78 is 1.74. The molecule has 166 valence electrons. The van der Waals surface area contributed by atoms with Crippen LogP contribution in [-0.4, -0.2) is 42.3 Å². The van der Waals surface area contributed by atoms with Gasteiger partial charge in [0.15, 0.2) is 5.65 Å². The Bertz CT molecular complexity index is 1150. The van der Waals surface area contributed by atoms with Crippen molar-refractivity contribution in [2.75, 3.05) is 17.2 Å². The maximum absolute atomic E-state index is 9.57. The third-order valence-corrected chi connectivity index (χ3v) is 5.43. The Balaban J connectivity index is 1.58. The van der Waals surface area contributed by atoms with E-state index in [4.69, 9.17) is 0 Å². The summed E-state index contributed by atoms with van der Waals surface area (Å²) in [4.78, 5) is 13.7. The molecule has 0 aliphatic carbocycles. The summed E-state index contributed by atoms with van der Waals surface area (Å²) in [6.07, 6.45) is 4.41. The number of hydrogen-bond donors (Lipinski definition) is 3. The van der Waals surface area contributed by atoms with E-state index in [2.05, 4.69) is 68.8 Å². The molecule has 0 aliphatic heterocycles. The van der Waals surface area contributed by atoms with E-state index < -0.39 is 0 Å². The zero-order chi connectivity index (χ0) is 22.5. The first kappa shape index (κ1) is 21.7. The number of aliphatic hydroxyl groups is 1. The van der Waals surface area contributed by atoms with Gasteiger partial charge in [0.1, 0.15) is 0 Å². The number of nitrogens with zero attached hydrogens (tertiary/aromatic N) is 5. The highest BCUT2D eigenvalue weighted by Gasteiger charge is 2.16. The average Bonchev–Trinajstić information content (AvgIpc) is 3.26. The molecular formula is C24H29N7O. The summed E-state index contributed by atoms with van der Waals surface area (Å²) in [5.41, 5.74) is 4.96. The van der Waals surface area contributed by atoms with E-state index in [0.29, 0.717) is 18.4 Å². The summed E-state index contributed by atoms with van der Waals surface area (Å²) in [7, 11) is 0. The normalized spacial score (nSPS) is 12.3. The lowest BCUT2D eigenvalue weighted by Crippen LogP contribution is -2.24. The fraction of sp³-hybridized carbons (Fsp3) is 0.333. The van der Waals surface area contributed by atoms with Crippen molar-refractivity contribution < 1.29 is 5.11 Å². The van der Waals surface area contributed by atoms with Crippen LogP contribution in [0.2, 0.25) is 0 Å². The zero-order valence-electron chi connectivity index (χ0n) is 18.7. The van der Waals surface area contributed by atoms with E-state index >= 15 is 0 Å². The minimum absolute atomic E-state index is 0.0206. The van der Waals surface area contributed by atoms with E-state index in [1.54, 1.807) is 10.7 Å². The van der Waals surface area contributed by atoms with E-state index in [1.165, 1.54) is 0 Å². The van der Waals surface area contributed by atoms with Crippen LogP contribution in [0.4, 0.5) is 11.9 Å². The molecule has 0 bridgehead atoms. The van der Waals surface area contributed by atoms with Gasteiger partial charge in [0.05, 0.1) is 24.5 Å². The van der Waals surface area contributed by atoms with Crippen molar-refractivity contribution in [2.45, 2.75) is 45.7 Å². The molecule has 4 aromatic rings. The second-order valence-electron chi connectivity index (χ2n) is 8.06. The average molecular weight is 432 g/mol. The van der Waals surface area contributed by atoms with Crippen LogP contribution in [0.5, 0.6) is 0 Å². The van der Waals surface area contributed by atoms with Gasteiger partial charge in [-0.3, -0.25) is 4.98 Å². The Morgan fingerprint density at radius 3 is 2.53 bits per heavy atom. The molecule has 0 spiro atoms. The summed E-state index contributed by atoms with van der Waals surface area (Å²) in [5.74, 6) is 1.36. The van der Waals surface area contributed by atoms with Crippen LogP contribution in [-0.2, 0) is 6.54 Å². The Labute approximate surface area is 187 Å². The van der Waals surface area contributed by atoms with Crippen LogP contribution in [0.15, 0.2) is 54.9 Å². The van der Waals surface area contributed by atoms with Gasteiger partial charge in [-0.05, 0) is 30.0 Å². The summed E-state index contributed by atoms with van der Waals surface area (Å²) >= 11 is 0. The van der Waals surface area contributed by atoms with Crippen LogP contribution in [0.3, 0.4) is 0 Å². The number of hydrogen-bond acceptors (Lipinski definition) is 7. The smallest absolute Gasteiger partial charge is 0.229 e. The summed E-state index contributed by atoms with van der Waals surface area (Å²) in [6, 6.07) is 14.1. The van der Waals surface area contributed by atoms with Crippen molar-refractivity contribution in [1.29, 1.82) is 0 Å². The molecule has 0 radical (unpaired) electrons. The second kappa shape index (κ2) is 9.74. The van der Waals surface area contributed by atoms with E-state index in [1.807, 2.05) is 31.3 Å². The first-order chi connectivity index (χ1) is 15.6. The topological polar surface area (TPSA) is 100 Å². The molecule has 0 saturated carbocycles. The van der Waals surface area contributed by atoms with Crippen LogP contribution in [0.25, 0.3) is 16.9 Å². The van der Waals surface area contributed by atoms with Gasteiger partial charge >= 0.3 is 0 Å². The third-order valence-electron chi connectivity index (χ3n) is 5.43. The molecular weight excluding hydrogens is 402 g/mol. The van der Waals surface area contributed by atoms with E-state index in [-0.39, 0.29) is 18.6 Å². The highest BCUT2D eigenvalue weighted by atomic mass is 16.3. The predicted octanol–water partition coefficient (Wildman–Crippen LogP) is 4.10. The molecule has 0 fully saturated rings. The first-order valence-electron chi connectivity index (χ1n) is 11.0. The van der Waals surface area contributed by atoms with E-state index in [9.17, 15) is 5.11 Å². The van der Waals surface area contributed by atoms with Crippen LogP contribution in [0.1, 0.15) is 44.2 Å². The molecule has 1 aromatic carbocycles. The number of rotatable bonds is 9. The lowest BCUT2D eigenvalue weighted by molar-refractivity contribution is 0.271. The number of aromatic nitrogens is 5. The molecule has 32 heavy (non-hydrogen) atoms. The number of anilines is 2. The molecule has 3 heterocycles. The third kappa shape index (κ3) is 4.70. The van der Waals surface area contributed by atoms with Crippen LogP contribution >= 0.6 is 0 Å². The minimum Gasteiger partial charge on any atom is -0.394 e. The van der Waals surface area contributed by atoms with Gasteiger partial charge in [0, 0.05) is 23.9 Å². The molecule has 8 nitrogen and oxygen atoms in total. The Kier molecular flexibility index (Phi) is 6.61. The van der Waals surface area contributed by atoms with Crippen molar-refractivity contribution in [3.8, 4) is 11.3 Å². The molecule has 1 atom stereocenters. The summed E-state index contributed by atoms with van der Waals surface area (Å²) in [5, 5.41) is 20.7. The molecule has 0 amide bonds. The molecule has 0 saturated heterocycles. The fourth-order valence-electron chi connectivity index (χ4n) is 3.45. The number of aliphatic hydroxyl groups excluding tert-OH is 1. The molecule has 4 rings (SSSR count). The second-order valence-corrected chi connectivity index (χ2v) is 8.06. The molecule has 3 N–H and O–H groups in total. The molecule has 0 aliphatic rings. The maximum atomic E-state index is 9.57. The molecule has 0 unspecified atom stereocenters.